The summed E-state index contributed by atoms with van der Waals surface area (Å²) in [6.45, 7) is 6.63. The molecule has 0 aromatic carbocycles. The summed E-state index contributed by atoms with van der Waals surface area (Å²) < 4.78 is 18.6. The van der Waals surface area contributed by atoms with Crippen LogP contribution >= 0.6 is 95.6 Å². The second-order valence-electron chi connectivity index (χ2n) is 25.2. The molecule has 0 spiro atoms. The molecule has 117 heavy (non-hydrogen) atoms. The molecule has 6 aromatic rings. The number of carboxylic acid groups (broad SMARTS) is 1. The highest BCUT2D eigenvalue weighted by Gasteiger charge is 2.52. The number of carboxylic acids is 1. The van der Waals surface area contributed by atoms with Gasteiger partial charge in [0.25, 0.3) is 0 Å². The summed E-state index contributed by atoms with van der Waals surface area (Å²) in [7, 11) is 102. The molecule has 0 aliphatic rings. The number of aldehydes is 1. The maximum Gasteiger partial charge on any atom is 0.490 e. The van der Waals surface area contributed by atoms with E-state index in [1.807, 2.05) is 42.5 Å². The van der Waals surface area contributed by atoms with Gasteiger partial charge in [-0.15, -0.1) is 0 Å². The molecule has 0 saturated heterocycles. The van der Waals surface area contributed by atoms with Crippen LogP contribution in [0.5, 0.6) is 0 Å². The number of pyridine rings is 6. The molecule has 6 aromatic heterocycles. The quantitative estimate of drug-likeness (QED) is 0.0112. The van der Waals surface area contributed by atoms with Crippen LogP contribution in [0.1, 0.15) is 92.8 Å². The number of amides is 2. The van der Waals surface area contributed by atoms with Gasteiger partial charge >= 0.3 is 31.0 Å². The van der Waals surface area contributed by atoms with Gasteiger partial charge in [0.1, 0.15) is 11.0 Å². The minimum atomic E-state index is -1.50. The molecule has 0 saturated carbocycles. The van der Waals surface area contributed by atoms with E-state index < -0.39 is 102 Å². The number of aliphatic carboxylic acids is 1. The van der Waals surface area contributed by atoms with Gasteiger partial charge < -0.3 is 39.2 Å². The van der Waals surface area contributed by atoms with Gasteiger partial charge in [-0.1, -0.05) is 29.4 Å². The predicted octanol–water partition coefficient (Wildman–Crippen LogP) is -0.918. The molecule has 0 aliphatic carbocycles. The number of halogens is 6. The zero-order chi connectivity index (χ0) is 88.9. The second kappa shape index (κ2) is 67.4. The van der Waals surface area contributed by atoms with Gasteiger partial charge in [-0.25, -0.2) is 4.79 Å². The zero-order valence-corrected chi connectivity index (χ0v) is 75.3. The number of ether oxygens (including phenoxy) is 3. The summed E-state index contributed by atoms with van der Waals surface area (Å²) in [5.41, 5.74) is 4.95. The molecule has 3 N–H and O–H groups in total. The molecule has 58 heteroatoms. The number of aromatic nitrogens is 6. The summed E-state index contributed by atoms with van der Waals surface area (Å²) in [5.74, 6) is -1.33. The van der Waals surface area contributed by atoms with E-state index >= 15 is 0 Å². The fourth-order valence-corrected chi connectivity index (χ4v) is 11.5. The fraction of sp³-hybridized carbons (Fsp3) is 0.339. The lowest BCUT2D eigenvalue weighted by Crippen LogP contribution is -2.88. The smallest absolute Gasteiger partial charge is 0.481 e. The number of rotatable bonds is 33. The number of esters is 3. The van der Waals surface area contributed by atoms with Gasteiger partial charge in [0, 0.05) is 361 Å². The van der Waals surface area contributed by atoms with Crippen LogP contribution in [0.2, 0.25) is 0 Å². The minimum Gasteiger partial charge on any atom is -0.481 e. The van der Waals surface area contributed by atoms with Crippen LogP contribution < -0.4 is 5.46 Å². The predicted molar refractivity (Wildman–Crippen MR) is 530 cm³/mol. The first-order valence-corrected chi connectivity index (χ1v) is 40.8. The van der Waals surface area contributed by atoms with Crippen LogP contribution in [0.25, 0.3) is 6.08 Å². The Labute approximate surface area is 770 Å². The standard InChI is InChI=1S/C10H15BN2O3.C10H13BrN2O.C10H12BrNO2.C10H10BrNO2.C8H8BrNO2.C6H4BrNO.C4H7BrO2.CH4.B30/c1-13(2)10(14)6-5-9-4-3-8(7-12-9)11(15)16;1-13(2)10(14)6-5-9-4-3-8(11)7-12-9;2*1-2-14-10(13)6-5-9-4-3-8(11)7-12-9;9-6-1-2-7(10-5-6)3-4-8(11)12;7-5-1-2-6(4-9)8-3-5;1-2-7-4(6)3-5;;1-17(2)25(18(3)4)29(26(19(5)6)20(7)8)30(27(21(9)10)22(11)12)28(23(13)14)24(15)16/h3-4,7,15-16H,5-6H2,1-2H3;3-4,7H,5-6H2,1-2H3;3-4,7H,2,5-6H2,1H3;3-7H,2H2,1H3;1-2,5H,3-4H2,(H,11,12);1-4H;2-3H2,1H3;1H4;/b;;;6-5+;;;;;. The van der Waals surface area contributed by atoms with Crippen molar-refractivity contribution in [3.05, 3.63) is 173 Å². The Morgan fingerprint density at radius 1 is 0.402 bits per heavy atom. The molecule has 0 unspecified atom stereocenters. The highest BCUT2D eigenvalue weighted by molar-refractivity contribution is 9.11. The van der Waals surface area contributed by atoms with Crippen molar-refractivity contribution >= 4 is 369 Å². The van der Waals surface area contributed by atoms with Crippen molar-refractivity contribution in [1.82, 2.24) is 39.7 Å². The summed E-state index contributed by atoms with van der Waals surface area (Å²) in [6, 6.07) is 21.7. The summed E-state index contributed by atoms with van der Waals surface area (Å²) >= 11 is 19.3. The number of hydrogen-bond donors (Lipinski definition) is 3. The maximum atomic E-state index is 11.3. The van der Waals surface area contributed by atoms with Crippen LogP contribution in [0.4, 0.5) is 0 Å². The number of carbonyl (C=O) groups excluding carboxylic acids is 6. The Bertz CT molecular complexity index is 3650. The third kappa shape index (κ3) is 54.2. The normalized spacial score (nSPS) is 9.60. The molecule has 562 valence electrons. The first-order valence-electron chi connectivity index (χ1n) is 35.7. The van der Waals surface area contributed by atoms with Crippen molar-refractivity contribution in [3.63, 3.8) is 0 Å². The van der Waals surface area contributed by atoms with Crippen LogP contribution in [0, 0.1) is 0 Å². The Kier molecular flexibility index (Phi) is 67.5. The SMILES string of the molecule is C.CCOC(=O)/C=C/c1ccc(Br)cn1.CCOC(=O)CBr.CCOC(=O)CCc1ccc(Br)cn1.CN(C)C(=O)CCc1ccc(B(O)O)cn1.CN(C)C(=O)CCc1ccc(Br)cn1.O=C(O)CCc1ccc(Br)cn1.O=Cc1ccc(Br)cn1.[B]B([B])B(B([B])[B])B(B(B([B])[B])B([B])[B])B(B(B([B])[B])B([B])[B])B(B([B])[B])B([B])[B]. The third-order valence-electron chi connectivity index (χ3n) is 15.7. The molecule has 0 aliphatic heterocycles. The highest BCUT2D eigenvalue weighted by Crippen LogP contribution is 2.17. The van der Waals surface area contributed by atoms with Crippen molar-refractivity contribution in [1.29, 1.82) is 0 Å². The van der Waals surface area contributed by atoms with Crippen LogP contribution in [-0.4, -0.2) is 370 Å². The summed E-state index contributed by atoms with van der Waals surface area (Å²) in [6.07, 6.45) is 3.59. The molecule has 0 fully saturated rings. The number of carbonyl (C=O) groups is 7. The van der Waals surface area contributed by atoms with E-state index in [9.17, 15) is 33.6 Å². The van der Waals surface area contributed by atoms with Gasteiger partial charge in [0.15, 0.2) is 6.29 Å². The van der Waals surface area contributed by atoms with Gasteiger partial charge in [-0.3, -0.25) is 58.7 Å². The first-order chi connectivity index (χ1) is 54.4. The van der Waals surface area contributed by atoms with E-state index in [2.05, 4.69) is 130 Å². The maximum absolute atomic E-state index is 11.3. The second-order valence-corrected chi connectivity index (χ2v) is 30.3. The van der Waals surface area contributed by atoms with Crippen molar-refractivity contribution in [2.45, 2.75) is 79.6 Å². The van der Waals surface area contributed by atoms with E-state index in [4.69, 9.17) is 148 Å². The molecule has 6 heterocycles. The van der Waals surface area contributed by atoms with Crippen molar-refractivity contribution in [2.75, 3.05) is 53.3 Å². The van der Waals surface area contributed by atoms with Crippen molar-refractivity contribution < 1.29 is 62.9 Å². The fourth-order valence-electron chi connectivity index (χ4n) is 10.1. The van der Waals surface area contributed by atoms with Crippen LogP contribution in [-0.2, 0) is 68.7 Å². The first kappa shape index (κ1) is 117. The topological polar surface area (TPSA) is 292 Å². The van der Waals surface area contributed by atoms with Gasteiger partial charge in [0.2, 0.25) is 11.8 Å². The molecular weight excluding hydrogens is 1840 g/mol. The molecule has 0 atom stereocenters. The van der Waals surface area contributed by atoms with Crippen molar-refractivity contribution in [3.8, 4) is 0 Å². The Balaban J connectivity index is -0.00000131. The van der Waals surface area contributed by atoms with E-state index in [1.165, 1.54) is 17.2 Å². The minimum absolute atomic E-state index is 0. The number of hydrogen-bond acceptors (Lipinski definition) is 18. The monoisotopic (exact) mass is 1920 g/mol. The van der Waals surface area contributed by atoms with E-state index in [0.29, 0.717) is 87.5 Å². The molecule has 6 rings (SSSR count). The lowest BCUT2D eigenvalue weighted by atomic mass is 8.31. The molecule has 21 nitrogen and oxygen atoms in total. The van der Waals surface area contributed by atoms with Crippen molar-refractivity contribution in [2.24, 2.45) is 0 Å². The van der Waals surface area contributed by atoms with Crippen LogP contribution in [0.3, 0.4) is 0 Å². The average Bonchev–Trinajstić information content (AvgIpc) is 0.766. The van der Waals surface area contributed by atoms with E-state index in [1.54, 1.807) is 121 Å². The molecular formula is C59H73B31Br6N8O13. The molecule has 32 radical (unpaired) electrons. The number of nitrogens with zero attached hydrogens (tertiary/aromatic N) is 8. The largest absolute Gasteiger partial charge is 0.490 e. The molecule has 2 amide bonds. The van der Waals surface area contributed by atoms with Crippen LogP contribution in [0.15, 0.2) is 138 Å². The van der Waals surface area contributed by atoms with Gasteiger partial charge in [-0.05, 0) is 186 Å². The highest BCUT2D eigenvalue weighted by atomic mass is 79.9. The average molecular weight is 1920 g/mol. The van der Waals surface area contributed by atoms with Gasteiger partial charge in [-0.2, -0.15) is 0 Å². The Morgan fingerprint density at radius 2 is 0.692 bits per heavy atom. The number of aryl methyl sites for hydroxylation is 4. The lowest BCUT2D eigenvalue weighted by molar-refractivity contribution is -0.143. The Hall–Kier alpha value is -4.06. The number of alkyl halides is 1. The molecule has 0 bridgehead atoms. The summed E-state index contributed by atoms with van der Waals surface area (Å²) in [4.78, 5) is 102. The third-order valence-corrected chi connectivity index (χ3v) is 18.5. The van der Waals surface area contributed by atoms with E-state index in [0.717, 1.165) is 50.8 Å². The zero-order valence-electron chi connectivity index (χ0n) is 65.8. The Morgan fingerprint density at radius 3 is 0.932 bits per heavy atom. The van der Waals surface area contributed by atoms with E-state index in [-0.39, 0.29) is 43.6 Å². The lowest BCUT2D eigenvalue weighted by Gasteiger charge is -2.50. The van der Waals surface area contributed by atoms with Gasteiger partial charge in [0.05, 0.1) is 38.4 Å². The summed E-state index contributed by atoms with van der Waals surface area (Å²) in [5, 5.41) is 26.4.